The Balaban J connectivity index is 1.44. The largest absolute Gasteiger partial charge is 0.370 e. The molecular weight excluding hydrogens is 546 g/mol. The van der Waals surface area contributed by atoms with E-state index in [-0.39, 0.29) is 12.1 Å². The van der Waals surface area contributed by atoms with Crippen molar-refractivity contribution in [3.8, 4) is 5.69 Å². The highest BCUT2D eigenvalue weighted by atomic mass is 35.5. The first-order valence-corrected chi connectivity index (χ1v) is 15.3. The lowest BCUT2D eigenvalue weighted by Crippen LogP contribution is -2.38. The Morgan fingerprint density at radius 1 is 0.902 bits per heavy atom. The summed E-state index contributed by atoms with van der Waals surface area (Å²) in [4.78, 5) is 9.42. The third-order valence-corrected chi connectivity index (χ3v) is 9.18. The summed E-state index contributed by atoms with van der Waals surface area (Å²) < 4.78 is 2.34. The molecule has 41 heavy (non-hydrogen) atoms. The second kappa shape index (κ2) is 11.1. The predicted molar refractivity (Wildman–Crippen MR) is 175 cm³/mol. The molecule has 4 aromatic rings. The summed E-state index contributed by atoms with van der Waals surface area (Å²) in [7, 11) is 0. The van der Waals surface area contributed by atoms with E-state index in [1.54, 1.807) is 0 Å². The average Bonchev–Trinajstić information content (AvgIpc) is 3.43. The number of rotatable bonds is 5. The smallest absolute Gasteiger partial charge is 0.174 e. The zero-order chi connectivity index (χ0) is 28.8. The number of hydrogen-bond donors (Lipinski definition) is 1. The molecule has 0 unspecified atom stereocenters. The fourth-order valence-electron chi connectivity index (χ4n) is 6.96. The van der Waals surface area contributed by atoms with Gasteiger partial charge in [-0.1, -0.05) is 43.6 Å². The van der Waals surface area contributed by atoms with Gasteiger partial charge in [0.25, 0.3) is 0 Å². The van der Waals surface area contributed by atoms with Crippen LogP contribution in [0.3, 0.4) is 0 Å². The number of thiocarbonyl (C=S) groups is 1. The maximum absolute atomic E-state index is 7.04. The van der Waals surface area contributed by atoms with Gasteiger partial charge in [0.05, 0.1) is 28.5 Å². The van der Waals surface area contributed by atoms with Gasteiger partial charge in [0, 0.05) is 42.0 Å². The molecule has 1 N–H and O–H groups in total. The van der Waals surface area contributed by atoms with Crippen molar-refractivity contribution in [1.82, 2.24) is 14.9 Å². The summed E-state index contributed by atoms with van der Waals surface area (Å²) in [6.45, 7) is 13.2. The van der Waals surface area contributed by atoms with Gasteiger partial charge in [0.2, 0.25) is 0 Å². The first-order chi connectivity index (χ1) is 19.7. The number of aromatic nitrogens is 2. The molecule has 4 heterocycles. The Labute approximate surface area is 254 Å². The van der Waals surface area contributed by atoms with E-state index < -0.39 is 0 Å². The minimum Gasteiger partial charge on any atom is -0.370 e. The molecule has 2 aliphatic rings. The van der Waals surface area contributed by atoms with Crippen LogP contribution in [0.1, 0.15) is 60.6 Å². The van der Waals surface area contributed by atoms with E-state index in [9.17, 15) is 0 Å². The van der Waals surface area contributed by atoms with Crippen LogP contribution in [0.25, 0.3) is 5.69 Å². The highest BCUT2D eigenvalue weighted by Gasteiger charge is 2.42. The van der Waals surface area contributed by atoms with Crippen molar-refractivity contribution >= 4 is 40.3 Å². The summed E-state index contributed by atoms with van der Waals surface area (Å²) in [5, 5.41) is 5.05. The summed E-state index contributed by atoms with van der Waals surface area (Å²) in [6.07, 6.45) is 3.11. The fourth-order valence-corrected chi connectivity index (χ4v) is 7.60. The normalized spacial score (nSPS) is 22.7. The Morgan fingerprint density at radius 3 is 2.37 bits per heavy atom. The maximum Gasteiger partial charge on any atom is 0.174 e. The van der Waals surface area contributed by atoms with Crippen LogP contribution >= 0.6 is 23.8 Å². The second-order valence-corrected chi connectivity index (χ2v) is 12.8. The number of benzene rings is 2. The SMILES string of the molecule is Cc1cccc(-n2c(C)cc([C@@H]3[C@H](c4ccccn4)NC(=S)N3c3ccc(N4C[C@H](C)C[C@H](C)C4)c(Cl)c3)c2C)c1. The van der Waals surface area contributed by atoms with Crippen molar-refractivity contribution in [3.05, 3.63) is 106 Å². The third-order valence-electron chi connectivity index (χ3n) is 8.57. The van der Waals surface area contributed by atoms with E-state index in [2.05, 4.69) is 109 Å². The number of hydrogen-bond acceptors (Lipinski definition) is 3. The van der Waals surface area contributed by atoms with Crippen LogP contribution in [0, 0.1) is 32.6 Å². The molecule has 0 radical (unpaired) electrons. The number of nitrogens with one attached hydrogen (secondary N) is 1. The van der Waals surface area contributed by atoms with Crippen LogP contribution in [0.5, 0.6) is 0 Å². The minimum absolute atomic E-state index is 0.0980. The van der Waals surface area contributed by atoms with Gasteiger partial charge in [-0.3, -0.25) is 4.98 Å². The van der Waals surface area contributed by atoms with E-state index in [0.29, 0.717) is 16.9 Å². The topological polar surface area (TPSA) is 36.3 Å². The van der Waals surface area contributed by atoms with E-state index in [1.807, 2.05) is 18.3 Å². The van der Waals surface area contributed by atoms with Crippen LogP contribution in [0.15, 0.2) is 72.9 Å². The maximum atomic E-state index is 7.04. The molecule has 4 atom stereocenters. The standard InChI is InChI=1S/C34H38ClN5S/c1-21-9-8-10-26(16-21)39-24(4)17-28(25(39)5)33-32(30-11-6-7-14-36-30)37-34(41)40(33)27-12-13-31(29(35)18-27)38-19-22(2)15-23(3)20-38/h6-14,16-18,22-23,32-33H,15,19-20H2,1-5H3,(H,37,41)/t22-,23+,32-,33+/m0/s1. The molecular formula is C34H38ClN5S. The molecule has 2 saturated heterocycles. The molecule has 0 amide bonds. The summed E-state index contributed by atoms with van der Waals surface area (Å²) >= 11 is 13.1. The van der Waals surface area contributed by atoms with Crippen LogP contribution in [-0.4, -0.2) is 27.8 Å². The number of aryl methyl sites for hydroxylation is 2. The van der Waals surface area contributed by atoms with Crippen molar-refractivity contribution in [2.75, 3.05) is 22.9 Å². The Bertz CT molecular complexity index is 1570. The van der Waals surface area contributed by atoms with Gasteiger partial charge >= 0.3 is 0 Å². The van der Waals surface area contributed by atoms with Crippen LogP contribution in [0.4, 0.5) is 11.4 Å². The lowest BCUT2D eigenvalue weighted by Gasteiger charge is -2.37. The lowest BCUT2D eigenvalue weighted by atomic mass is 9.91. The van der Waals surface area contributed by atoms with E-state index in [4.69, 9.17) is 28.8 Å². The third kappa shape index (κ3) is 5.24. The van der Waals surface area contributed by atoms with Crippen LogP contribution in [-0.2, 0) is 0 Å². The van der Waals surface area contributed by atoms with Crippen molar-refractivity contribution in [3.63, 3.8) is 0 Å². The molecule has 7 heteroatoms. The Morgan fingerprint density at radius 2 is 1.68 bits per heavy atom. The Hall–Kier alpha value is -3.35. The Kier molecular flexibility index (Phi) is 7.56. The summed E-state index contributed by atoms with van der Waals surface area (Å²) in [6, 6.07) is 23.2. The number of anilines is 2. The van der Waals surface area contributed by atoms with E-state index in [0.717, 1.165) is 40.9 Å². The minimum atomic E-state index is -0.114. The van der Waals surface area contributed by atoms with Crippen LogP contribution < -0.4 is 15.1 Å². The van der Waals surface area contributed by atoms with Crippen molar-refractivity contribution in [2.24, 2.45) is 11.8 Å². The molecule has 6 rings (SSSR count). The monoisotopic (exact) mass is 583 g/mol. The summed E-state index contributed by atoms with van der Waals surface area (Å²) in [5.74, 6) is 1.30. The number of nitrogens with zero attached hydrogens (tertiary/aromatic N) is 4. The molecule has 0 bridgehead atoms. The van der Waals surface area contributed by atoms with Gasteiger partial charge in [0.15, 0.2) is 5.11 Å². The van der Waals surface area contributed by atoms with Gasteiger partial charge in [-0.25, -0.2) is 0 Å². The van der Waals surface area contributed by atoms with Crippen molar-refractivity contribution < 1.29 is 0 Å². The molecule has 0 aliphatic carbocycles. The number of pyridine rings is 1. The van der Waals surface area contributed by atoms with Crippen molar-refractivity contribution in [2.45, 2.75) is 53.1 Å². The highest BCUT2D eigenvalue weighted by molar-refractivity contribution is 7.80. The first-order valence-electron chi connectivity index (χ1n) is 14.5. The molecule has 2 aromatic heterocycles. The van der Waals surface area contributed by atoms with Gasteiger partial charge in [-0.15, -0.1) is 0 Å². The quantitative estimate of drug-likeness (QED) is 0.240. The zero-order valence-corrected chi connectivity index (χ0v) is 26.0. The molecule has 2 aromatic carbocycles. The fraction of sp³-hybridized carbons (Fsp3) is 0.353. The van der Waals surface area contributed by atoms with Gasteiger partial charge < -0.3 is 19.7 Å². The molecule has 0 spiro atoms. The predicted octanol–water partition coefficient (Wildman–Crippen LogP) is 8.11. The number of halogens is 1. The van der Waals surface area contributed by atoms with Gasteiger partial charge in [0.1, 0.15) is 0 Å². The summed E-state index contributed by atoms with van der Waals surface area (Å²) in [5.41, 5.74) is 9.03. The number of piperidine rings is 1. The van der Waals surface area contributed by atoms with E-state index in [1.165, 1.54) is 28.9 Å². The molecule has 2 fully saturated rings. The lowest BCUT2D eigenvalue weighted by molar-refractivity contribution is 0.357. The van der Waals surface area contributed by atoms with Crippen LogP contribution in [0.2, 0.25) is 5.02 Å². The van der Waals surface area contributed by atoms with Crippen molar-refractivity contribution in [1.29, 1.82) is 0 Å². The van der Waals surface area contributed by atoms with Gasteiger partial charge in [-0.2, -0.15) is 0 Å². The zero-order valence-electron chi connectivity index (χ0n) is 24.4. The van der Waals surface area contributed by atoms with Gasteiger partial charge in [-0.05, 0) is 111 Å². The highest BCUT2D eigenvalue weighted by Crippen LogP contribution is 2.45. The molecule has 212 valence electrons. The second-order valence-electron chi connectivity index (χ2n) is 12.0. The molecule has 5 nitrogen and oxygen atoms in total. The first kappa shape index (κ1) is 27.8. The molecule has 2 aliphatic heterocycles. The molecule has 0 saturated carbocycles. The van der Waals surface area contributed by atoms with E-state index >= 15 is 0 Å². The average molecular weight is 584 g/mol.